The summed E-state index contributed by atoms with van der Waals surface area (Å²) in [5.41, 5.74) is 3.25. The highest BCUT2D eigenvalue weighted by molar-refractivity contribution is 6.31. The van der Waals surface area contributed by atoms with Crippen molar-refractivity contribution in [3.8, 4) is 0 Å². The monoisotopic (exact) mass is 555 g/mol. The number of Topliss-reactive ketones (excluding diaryl/α,β-unsaturated/α-hetero) is 1. The molecular formula is C33H46ClNO4. The molecule has 1 heterocycles. The molecule has 0 amide bonds. The Balaban J connectivity index is 1.54. The standard InChI is InChI=1S/C33H46ClNO4/c1-7-21(8-2)14-22-15-26(16-22)32-30(23-11-12-23)31(35-39-32)25(19-29(37)38-33(4,5)6)18-27(36)17-24-10-9-20(3)13-28(24)34/h9-10,13,21-23,25-26H,7-8,11-12,14-19H2,1-6H3. The van der Waals surface area contributed by atoms with Crippen LogP contribution in [-0.4, -0.2) is 22.5 Å². The molecule has 0 aliphatic heterocycles. The lowest BCUT2D eigenvalue weighted by molar-refractivity contribution is -0.155. The zero-order valence-corrected chi connectivity index (χ0v) is 25.4. The second-order valence-corrected chi connectivity index (χ2v) is 13.5. The summed E-state index contributed by atoms with van der Waals surface area (Å²) in [5.74, 6) is 2.73. The Hall–Kier alpha value is -2.14. The normalized spacial score (nSPS) is 20.1. The fraction of sp³-hybridized carbons (Fsp3) is 0.667. The molecule has 1 aromatic heterocycles. The van der Waals surface area contributed by atoms with Crippen molar-refractivity contribution in [2.75, 3.05) is 0 Å². The molecule has 2 aliphatic carbocycles. The quantitative estimate of drug-likeness (QED) is 0.231. The molecule has 2 fully saturated rings. The zero-order chi connectivity index (χ0) is 28.3. The smallest absolute Gasteiger partial charge is 0.306 e. The number of carbonyl (C=O) groups is 2. The molecule has 2 aromatic rings. The van der Waals surface area contributed by atoms with Crippen LogP contribution in [0.3, 0.4) is 0 Å². The first-order valence-corrected chi connectivity index (χ1v) is 15.3. The topological polar surface area (TPSA) is 69.4 Å². The molecule has 2 saturated carbocycles. The van der Waals surface area contributed by atoms with E-state index in [4.69, 9.17) is 20.9 Å². The van der Waals surface area contributed by atoms with E-state index >= 15 is 0 Å². The molecule has 2 aliphatic rings. The summed E-state index contributed by atoms with van der Waals surface area (Å²) in [4.78, 5) is 26.3. The summed E-state index contributed by atoms with van der Waals surface area (Å²) in [7, 11) is 0. The Morgan fingerprint density at radius 3 is 2.38 bits per heavy atom. The van der Waals surface area contributed by atoms with Gasteiger partial charge in [0.2, 0.25) is 0 Å². The number of benzene rings is 1. The number of halogens is 1. The zero-order valence-electron chi connectivity index (χ0n) is 24.6. The average Bonchev–Trinajstić information content (AvgIpc) is 3.57. The Morgan fingerprint density at radius 2 is 1.79 bits per heavy atom. The van der Waals surface area contributed by atoms with Gasteiger partial charge < -0.3 is 9.26 Å². The highest BCUT2D eigenvalue weighted by Crippen LogP contribution is 2.53. The molecule has 0 radical (unpaired) electrons. The van der Waals surface area contributed by atoms with Crippen molar-refractivity contribution in [1.82, 2.24) is 5.16 Å². The summed E-state index contributed by atoms with van der Waals surface area (Å²) in [6.45, 7) is 12.1. The number of rotatable bonds is 13. The van der Waals surface area contributed by atoms with Gasteiger partial charge in [0, 0.05) is 35.3 Å². The van der Waals surface area contributed by atoms with Crippen LogP contribution in [-0.2, 0) is 20.7 Å². The van der Waals surface area contributed by atoms with Crippen LogP contribution in [0.2, 0.25) is 5.02 Å². The number of ketones is 1. The molecular weight excluding hydrogens is 510 g/mol. The second-order valence-electron chi connectivity index (χ2n) is 13.1. The molecule has 0 saturated heterocycles. The lowest BCUT2D eigenvalue weighted by Crippen LogP contribution is -2.26. The fourth-order valence-electron chi connectivity index (χ4n) is 6.13. The van der Waals surface area contributed by atoms with Gasteiger partial charge in [-0.25, -0.2) is 0 Å². The summed E-state index contributed by atoms with van der Waals surface area (Å²) < 4.78 is 11.7. The van der Waals surface area contributed by atoms with Crippen LogP contribution in [0, 0.1) is 18.8 Å². The van der Waals surface area contributed by atoms with Crippen LogP contribution in [0.15, 0.2) is 22.7 Å². The van der Waals surface area contributed by atoms with E-state index in [0.29, 0.717) is 16.9 Å². The Kier molecular flexibility index (Phi) is 9.62. The maximum absolute atomic E-state index is 13.3. The molecule has 4 rings (SSSR count). The van der Waals surface area contributed by atoms with E-state index in [1.54, 1.807) is 0 Å². The van der Waals surface area contributed by atoms with Crippen LogP contribution in [0.1, 0.15) is 138 Å². The Morgan fingerprint density at radius 1 is 1.10 bits per heavy atom. The SMILES string of the molecule is CCC(CC)CC1CC(c2onc(C(CC(=O)Cc3ccc(C)cc3Cl)CC(=O)OC(C)(C)C)c2C2CC2)C1. The molecule has 214 valence electrons. The number of ether oxygens (including phenoxy) is 1. The second kappa shape index (κ2) is 12.6. The Bertz CT molecular complexity index is 1150. The largest absolute Gasteiger partial charge is 0.460 e. The van der Waals surface area contributed by atoms with Gasteiger partial charge in [0.1, 0.15) is 17.1 Å². The van der Waals surface area contributed by atoms with Crippen molar-refractivity contribution in [1.29, 1.82) is 0 Å². The summed E-state index contributed by atoms with van der Waals surface area (Å²) >= 11 is 6.43. The van der Waals surface area contributed by atoms with Crippen LogP contribution in [0.5, 0.6) is 0 Å². The Labute approximate surface area is 239 Å². The van der Waals surface area contributed by atoms with E-state index in [1.807, 2.05) is 45.9 Å². The van der Waals surface area contributed by atoms with E-state index in [-0.39, 0.29) is 36.9 Å². The lowest BCUT2D eigenvalue weighted by Gasteiger charge is -2.36. The fourth-order valence-corrected chi connectivity index (χ4v) is 6.44. The molecule has 0 bridgehead atoms. The molecule has 1 unspecified atom stereocenters. The predicted octanol–water partition coefficient (Wildman–Crippen LogP) is 8.85. The van der Waals surface area contributed by atoms with Gasteiger partial charge in [-0.15, -0.1) is 0 Å². The molecule has 0 N–H and O–H groups in total. The third kappa shape index (κ3) is 7.96. The first kappa shape index (κ1) is 29.8. The highest BCUT2D eigenvalue weighted by atomic mass is 35.5. The van der Waals surface area contributed by atoms with Gasteiger partial charge in [-0.05, 0) is 94.7 Å². The van der Waals surface area contributed by atoms with Gasteiger partial charge in [0.05, 0.1) is 12.1 Å². The van der Waals surface area contributed by atoms with Gasteiger partial charge in [-0.1, -0.05) is 55.6 Å². The molecule has 5 nitrogen and oxygen atoms in total. The van der Waals surface area contributed by atoms with E-state index in [2.05, 4.69) is 19.0 Å². The summed E-state index contributed by atoms with van der Waals surface area (Å²) in [6, 6.07) is 5.76. The van der Waals surface area contributed by atoms with Gasteiger partial charge >= 0.3 is 5.97 Å². The lowest BCUT2D eigenvalue weighted by atomic mass is 9.68. The number of hydrogen-bond acceptors (Lipinski definition) is 5. The van der Waals surface area contributed by atoms with Gasteiger partial charge in [-0.2, -0.15) is 0 Å². The average molecular weight is 556 g/mol. The number of esters is 1. The molecule has 0 spiro atoms. The van der Waals surface area contributed by atoms with Crippen molar-refractivity contribution in [2.45, 2.75) is 129 Å². The first-order valence-electron chi connectivity index (χ1n) is 14.9. The maximum atomic E-state index is 13.3. The summed E-state index contributed by atoms with van der Waals surface area (Å²) in [5, 5.41) is 5.18. The van der Waals surface area contributed by atoms with Gasteiger partial charge in [0.25, 0.3) is 0 Å². The first-order chi connectivity index (χ1) is 18.5. The van der Waals surface area contributed by atoms with E-state index < -0.39 is 5.60 Å². The van der Waals surface area contributed by atoms with Gasteiger partial charge in [-0.3, -0.25) is 9.59 Å². The number of nitrogens with zero attached hydrogens (tertiary/aromatic N) is 1. The van der Waals surface area contributed by atoms with Crippen LogP contribution < -0.4 is 0 Å². The minimum atomic E-state index is -0.592. The van der Waals surface area contributed by atoms with Crippen molar-refractivity contribution >= 4 is 23.4 Å². The van der Waals surface area contributed by atoms with E-state index in [0.717, 1.165) is 60.1 Å². The molecule has 1 atom stereocenters. The van der Waals surface area contributed by atoms with Crippen LogP contribution in [0.25, 0.3) is 0 Å². The number of carbonyl (C=O) groups excluding carboxylic acids is 2. The minimum Gasteiger partial charge on any atom is -0.460 e. The maximum Gasteiger partial charge on any atom is 0.306 e. The predicted molar refractivity (Wildman–Crippen MR) is 155 cm³/mol. The number of hydrogen-bond donors (Lipinski definition) is 0. The van der Waals surface area contributed by atoms with Crippen molar-refractivity contribution in [3.05, 3.63) is 51.4 Å². The van der Waals surface area contributed by atoms with Gasteiger partial charge in [0.15, 0.2) is 0 Å². The van der Waals surface area contributed by atoms with Crippen molar-refractivity contribution in [3.63, 3.8) is 0 Å². The van der Waals surface area contributed by atoms with Crippen molar-refractivity contribution < 1.29 is 18.8 Å². The minimum absolute atomic E-state index is 0.0366. The van der Waals surface area contributed by atoms with Crippen molar-refractivity contribution in [2.24, 2.45) is 11.8 Å². The van der Waals surface area contributed by atoms with E-state index in [9.17, 15) is 9.59 Å². The third-order valence-electron chi connectivity index (χ3n) is 8.49. The summed E-state index contributed by atoms with van der Waals surface area (Å²) in [6.07, 6.45) is 8.83. The van der Waals surface area contributed by atoms with Crippen LogP contribution in [0.4, 0.5) is 0 Å². The molecule has 39 heavy (non-hydrogen) atoms. The number of aromatic nitrogens is 1. The molecule has 1 aromatic carbocycles. The number of aryl methyl sites for hydroxylation is 1. The van der Waals surface area contributed by atoms with Crippen LogP contribution >= 0.6 is 11.6 Å². The van der Waals surface area contributed by atoms with E-state index in [1.165, 1.54) is 24.8 Å². The molecule has 6 heteroatoms. The highest BCUT2D eigenvalue weighted by Gasteiger charge is 2.42. The third-order valence-corrected chi connectivity index (χ3v) is 8.84.